The molecule has 0 spiro atoms. The normalized spacial score (nSPS) is 34.9. The second kappa shape index (κ2) is 7.08. The molecule has 112 valence electrons. The van der Waals surface area contributed by atoms with Gasteiger partial charge in [-0.15, -0.1) is 0 Å². The zero-order valence-electron chi connectivity index (χ0n) is 13.2. The van der Waals surface area contributed by atoms with E-state index in [2.05, 4.69) is 19.2 Å². The highest BCUT2D eigenvalue weighted by Gasteiger charge is 2.50. The van der Waals surface area contributed by atoms with E-state index >= 15 is 0 Å². The molecule has 2 fully saturated rings. The summed E-state index contributed by atoms with van der Waals surface area (Å²) < 4.78 is 5.16. The third-order valence-electron chi connectivity index (χ3n) is 5.60. The molecule has 0 radical (unpaired) electrons. The molecule has 4 unspecified atom stereocenters. The first kappa shape index (κ1) is 15.3. The summed E-state index contributed by atoms with van der Waals surface area (Å²) in [5, 5.41) is 3.68. The lowest BCUT2D eigenvalue weighted by Crippen LogP contribution is -2.41. The maximum absolute atomic E-state index is 5.16. The topological polar surface area (TPSA) is 21.3 Å². The van der Waals surface area contributed by atoms with E-state index in [1.807, 2.05) is 0 Å². The Morgan fingerprint density at radius 3 is 2.79 bits per heavy atom. The monoisotopic (exact) mass is 267 g/mol. The van der Waals surface area contributed by atoms with E-state index in [1.165, 1.54) is 51.5 Å². The Labute approximate surface area is 119 Å². The van der Waals surface area contributed by atoms with Gasteiger partial charge in [0.1, 0.15) is 0 Å². The van der Waals surface area contributed by atoms with Crippen molar-refractivity contribution in [2.24, 2.45) is 23.2 Å². The van der Waals surface area contributed by atoms with Crippen LogP contribution >= 0.6 is 0 Å². The van der Waals surface area contributed by atoms with Crippen molar-refractivity contribution in [3.63, 3.8) is 0 Å². The fourth-order valence-electron chi connectivity index (χ4n) is 4.90. The van der Waals surface area contributed by atoms with Crippen LogP contribution in [0.3, 0.4) is 0 Å². The Bertz CT molecular complexity index is 268. The van der Waals surface area contributed by atoms with Crippen LogP contribution < -0.4 is 5.32 Å². The minimum absolute atomic E-state index is 0.616. The zero-order chi connectivity index (χ0) is 13.7. The smallest absolute Gasteiger partial charge is 0.0587 e. The molecule has 1 N–H and O–H groups in total. The maximum Gasteiger partial charge on any atom is 0.0587 e. The van der Waals surface area contributed by atoms with Crippen molar-refractivity contribution in [2.75, 3.05) is 26.8 Å². The van der Waals surface area contributed by atoms with Gasteiger partial charge in [-0.1, -0.05) is 33.1 Å². The Morgan fingerprint density at radius 1 is 1.37 bits per heavy atom. The molecule has 2 bridgehead atoms. The molecule has 2 aliphatic rings. The van der Waals surface area contributed by atoms with Gasteiger partial charge in [0.05, 0.1) is 6.61 Å². The zero-order valence-corrected chi connectivity index (χ0v) is 13.2. The summed E-state index contributed by atoms with van der Waals surface area (Å²) in [6, 6.07) is 0. The quantitative estimate of drug-likeness (QED) is 0.641. The fourth-order valence-corrected chi connectivity index (χ4v) is 4.90. The molecule has 2 heteroatoms. The van der Waals surface area contributed by atoms with Crippen molar-refractivity contribution < 1.29 is 4.74 Å². The van der Waals surface area contributed by atoms with Gasteiger partial charge in [0.15, 0.2) is 0 Å². The lowest BCUT2D eigenvalue weighted by atomic mass is 9.67. The largest absolute Gasteiger partial charge is 0.383 e. The van der Waals surface area contributed by atoms with Crippen LogP contribution in [0.1, 0.15) is 58.8 Å². The van der Waals surface area contributed by atoms with Gasteiger partial charge in [-0.25, -0.2) is 0 Å². The number of rotatable bonds is 9. The lowest BCUT2D eigenvalue weighted by Gasteiger charge is -2.40. The second-order valence-corrected chi connectivity index (χ2v) is 7.21. The third-order valence-corrected chi connectivity index (χ3v) is 5.60. The molecule has 4 atom stereocenters. The van der Waals surface area contributed by atoms with Crippen LogP contribution in [0, 0.1) is 23.2 Å². The Kier molecular flexibility index (Phi) is 5.70. The molecule has 0 heterocycles. The molecule has 2 saturated carbocycles. The molecule has 0 aromatic heterocycles. The molecule has 0 aromatic carbocycles. The van der Waals surface area contributed by atoms with E-state index in [4.69, 9.17) is 4.74 Å². The molecule has 0 aliphatic heterocycles. The van der Waals surface area contributed by atoms with Crippen LogP contribution in [0.4, 0.5) is 0 Å². The third kappa shape index (κ3) is 3.72. The maximum atomic E-state index is 5.16. The SMILES string of the molecule is CCCC(C)CC1(CNCCOC)CC2CCC1C2. The highest BCUT2D eigenvalue weighted by Crippen LogP contribution is 2.58. The van der Waals surface area contributed by atoms with Gasteiger partial charge in [0.2, 0.25) is 0 Å². The van der Waals surface area contributed by atoms with E-state index in [0.29, 0.717) is 5.41 Å². The summed E-state index contributed by atoms with van der Waals surface area (Å²) in [4.78, 5) is 0. The number of nitrogens with one attached hydrogen (secondary N) is 1. The van der Waals surface area contributed by atoms with E-state index in [-0.39, 0.29) is 0 Å². The molecular weight excluding hydrogens is 234 g/mol. The predicted octanol–water partition coefficient (Wildman–Crippen LogP) is 3.86. The number of hydrogen-bond acceptors (Lipinski definition) is 2. The molecule has 0 aromatic rings. The number of methoxy groups -OCH3 is 1. The summed E-state index contributed by atoms with van der Waals surface area (Å²) >= 11 is 0. The summed E-state index contributed by atoms with van der Waals surface area (Å²) in [5.41, 5.74) is 0.616. The van der Waals surface area contributed by atoms with Crippen molar-refractivity contribution in [3.05, 3.63) is 0 Å². The molecule has 2 rings (SSSR count). The Hall–Kier alpha value is -0.0800. The van der Waals surface area contributed by atoms with Crippen LogP contribution in [0.25, 0.3) is 0 Å². The molecular formula is C17H33NO. The molecule has 0 amide bonds. The summed E-state index contributed by atoms with van der Waals surface area (Å²) in [5.74, 6) is 2.95. The lowest BCUT2D eigenvalue weighted by molar-refractivity contribution is 0.111. The first-order chi connectivity index (χ1) is 9.20. The van der Waals surface area contributed by atoms with Crippen LogP contribution in [0.15, 0.2) is 0 Å². The van der Waals surface area contributed by atoms with Gasteiger partial charge in [-0.05, 0) is 48.9 Å². The van der Waals surface area contributed by atoms with Crippen molar-refractivity contribution in [3.8, 4) is 0 Å². The summed E-state index contributed by atoms with van der Waals surface area (Å²) in [7, 11) is 1.79. The number of ether oxygens (including phenoxy) is 1. The van der Waals surface area contributed by atoms with Crippen LogP contribution in [-0.2, 0) is 4.74 Å². The molecule has 2 aliphatic carbocycles. The minimum Gasteiger partial charge on any atom is -0.383 e. The molecule has 0 saturated heterocycles. The standard InChI is InChI=1S/C17H33NO/c1-4-5-14(2)11-17(13-18-8-9-19-3)12-15-6-7-16(17)10-15/h14-16,18H,4-13H2,1-3H3. The second-order valence-electron chi connectivity index (χ2n) is 7.21. The first-order valence-corrected chi connectivity index (χ1v) is 8.40. The van der Waals surface area contributed by atoms with Gasteiger partial charge in [-0.3, -0.25) is 0 Å². The van der Waals surface area contributed by atoms with Crippen LogP contribution in [-0.4, -0.2) is 26.8 Å². The Morgan fingerprint density at radius 2 is 2.21 bits per heavy atom. The first-order valence-electron chi connectivity index (χ1n) is 8.40. The van der Waals surface area contributed by atoms with Crippen molar-refractivity contribution >= 4 is 0 Å². The number of fused-ring (bicyclic) bond motifs is 2. The van der Waals surface area contributed by atoms with Gasteiger partial charge in [-0.2, -0.15) is 0 Å². The van der Waals surface area contributed by atoms with E-state index in [0.717, 1.165) is 30.9 Å². The molecule has 19 heavy (non-hydrogen) atoms. The van der Waals surface area contributed by atoms with Crippen LogP contribution in [0.2, 0.25) is 0 Å². The van der Waals surface area contributed by atoms with E-state index < -0.39 is 0 Å². The minimum atomic E-state index is 0.616. The van der Waals surface area contributed by atoms with Crippen molar-refractivity contribution in [1.82, 2.24) is 5.32 Å². The van der Waals surface area contributed by atoms with Crippen LogP contribution in [0.5, 0.6) is 0 Å². The van der Waals surface area contributed by atoms with E-state index in [9.17, 15) is 0 Å². The highest BCUT2D eigenvalue weighted by molar-refractivity contribution is 5.01. The van der Waals surface area contributed by atoms with Gasteiger partial charge in [0.25, 0.3) is 0 Å². The number of hydrogen-bond donors (Lipinski definition) is 1. The predicted molar refractivity (Wildman–Crippen MR) is 81.3 cm³/mol. The van der Waals surface area contributed by atoms with Gasteiger partial charge >= 0.3 is 0 Å². The van der Waals surface area contributed by atoms with E-state index in [1.54, 1.807) is 7.11 Å². The van der Waals surface area contributed by atoms with Gasteiger partial charge in [0, 0.05) is 20.2 Å². The Balaban J connectivity index is 1.90. The summed E-state index contributed by atoms with van der Waals surface area (Å²) in [6.07, 6.45) is 10.2. The average molecular weight is 267 g/mol. The summed E-state index contributed by atoms with van der Waals surface area (Å²) in [6.45, 7) is 7.87. The highest BCUT2D eigenvalue weighted by atomic mass is 16.5. The van der Waals surface area contributed by atoms with Gasteiger partial charge < -0.3 is 10.1 Å². The average Bonchev–Trinajstić information content (AvgIpc) is 2.95. The van der Waals surface area contributed by atoms with Crippen molar-refractivity contribution in [2.45, 2.75) is 58.8 Å². The van der Waals surface area contributed by atoms with Crippen molar-refractivity contribution in [1.29, 1.82) is 0 Å². The fraction of sp³-hybridized carbons (Fsp3) is 1.00. The molecule has 2 nitrogen and oxygen atoms in total.